The van der Waals surface area contributed by atoms with Gasteiger partial charge in [0.1, 0.15) is 11.9 Å². The van der Waals surface area contributed by atoms with Crippen LogP contribution in [0.5, 0.6) is 5.75 Å². The fourth-order valence-corrected chi connectivity index (χ4v) is 2.36. The minimum atomic E-state index is -0.0650. The Labute approximate surface area is 113 Å². The minimum Gasteiger partial charge on any atom is -0.488 e. The Morgan fingerprint density at radius 3 is 3.00 bits per heavy atom. The van der Waals surface area contributed by atoms with E-state index in [4.69, 9.17) is 21.4 Å². The molecule has 18 heavy (non-hydrogen) atoms. The van der Waals surface area contributed by atoms with Gasteiger partial charge in [0, 0.05) is 30.1 Å². The maximum atomic E-state index is 8.98. The third-order valence-electron chi connectivity index (χ3n) is 3.31. The first kappa shape index (κ1) is 13.7. The normalized spacial score (nSPS) is 18.6. The van der Waals surface area contributed by atoms with Gasteiger partial charge in [-0.15, -0.1) is 0 Å². The minimum absolute atomic E-state index is 0.0650. The number of hydrogen-bond acceptors (Lipinski definition) is 3. The number of benzene rings is 1. The number of rotatable bonds is 5. The summed E-state index contributed by atoms with van der Waals surface area (Å²) in [5.74, 6) is 0.936. The second-order valence-electron chi connectivity index (χ2n) is 5.43. The number of fused-ring (bicyclic) bond motifs is 1. The Morgan fingerprint density at radius 2 is 2.28 bits per heavy atom. The second kappa shape index (κ2) is 5.47. The first-order chi connectivity index (χ1) is 8.50. The second-order valence-corrected chi connectivity index (χ2v) is 5.87. The first-order valence-corrected chi connectivity index (χ1v) is 6.69. The van der Waals surface area contributed by atoms with Crippen LogP contribution in [0.1, 0.15) is 25.8 Å². The van der Waals surface area contributed by atoms with Gasteiger partial charge in [-0.05, 0) is 44.0 Å². The van der Waals surface area contributed by atoms with Crippen LogP contribution in [0.25, 0.3) is 0 Å². The molecule has 0 saturated carbocycles. The summed E-state index contributed by atoms with van der Waals surface area (Å²) >= 11 is 5.96. The molecule has 0 aromatic heterocycles. The van der Waals surface area contributed by atoms with Gasteiger partial charge in [-0.2, -0.15) is 0 Å². The molecule has 1 atom stereocenters. The fraction of sp³-hybridized carbons (Fsp3) is 0.571. The number of halogens is 1. The van der Waals surface area contributed by atoms with Crippen LogP contribution in [0.3, 0.4) is 0 Å². The molecule has 0 aliphatic carbocycles. The number of ether oxygens (including phenoxy) is 1. The quantitative estimate of drug-likeness (QED) is 0.863. The molecule has 1 aliphatic heterocycles. The molecule has 0 spiro atoms. The molecular weight excluding hydrogens is 250 g/mol. The van der Waals surface area contributed by atoms with Crippen LogP contribution in [0, 0.1) is 0 Å². The van der Waals surface area contributed by atoms with Gasteiger partial charge >= 0.3 is 0 Å². The molecule has 2 N–H and O–H groups in total. The smallest absolute Gasteiger partial charge is 0.123 e. The zero-order chi connectivity index (χ0) is 13.2. The molecule has 1 unspecified atom stereocenters. The number of aliphatic hydroxyl groups is 1. The van der Waals surface area contributed by atoms with Gasteiger partial charge in [-0.25, -0.2) is 0 Å². The van der Waals surface area contributed by atoms with Crippen molar-refractivity contribution in [1.29, 1.82) is 0 Å². The van der Waals surface area contributed by atoms with E-state index in [0.717, 1.165) is 30.2 Å². The molecule has 1 aliphatic rings. The zero-order valence-electron chi connectivity index (χ0n) is 10.9. The van der Waals surface area contributed by atoms with Gasteiger partial charge in [-0.1, -0.05) is 11.6 Å². The summed E-state index contributed by atoms with van der Waals surface area (Å²) in [5, 5.41) is 13.2. The van der Waals surface area contributed by atoms with Crippen molar-refractivity contribution < 1.29 is 9.84 Å². The highest BCUT2D eigenvalue weighted by molar-refractivity contribution is 6.30. The zero-order valence-corrected chi connectivity index (χ0v) is 11.6. The first-order valence-electron chi connectivity index (χ1n) is 6.31. The van der Waals surface area contributed by atoms with Gasteiger partial charge < -0.3 is 15.2 Å². The molecule has 2 rings (SSSR count). The van der Waals surface area contributed by atoms with E-state index in [9.17, 15) is 0 Å². The molecule has 4 heteroatoms. The van der Waals surface area contributed by atoms with Crippen LogP contribution in [-0.4, -0.2) is 29.9 Å². The highest BCUT2D eigenvalue weighted by Gasteiger charge is 2.25. The van der Waals surface area contributed by atoms with Crippen molar-refractivity contribution in [2.24, 2.45) is 0 Å². The van der Waals surface area contributed by atoms with E-state index < -0.39 is 0 Å². The highest BCUT2D eigenvalue weighted by Crippen LogP contribution is 2.31. The monoisotopic (exact) mass is 269 g/mol. The van der Waals surface area contributed by atoms with E-state index in [1.54, 1.807) is 0 Å². The van der Waals surface area contributed by atoms with Gasteiger partial charge in [-0.3, -0.25) is 0 Å². The topological polar surface area (TPSA) is 41.5 Å². The van der Waals surface area contributed by atoms with E-state index in [1.807, 2.05) is 18.2 Å². The summed E-state index contributed by atoms with van der Waals surface area (Å²) in [6, 6.07) is 5.75. The third kappa shape index (κ3) is 3.37. The van der Waals surface area contributed by atoms with Gasteiger partial charge in [0.25, 0.3) is 0 Å². The third-order valence-corrected chi connectivity index (χ3v) is 3.54. The van der Waals surface area contributed by atoms with E-state index in [1.165, 1.54) is 5.56 Å². The molecule has 1 aromatic carbocycles. The summed E-state index contributed by atoms with van der Waals surface area (Å²) in [7, 11) is 0. The molecule has 0 radical (unpaired) electrons. The van der Waals surface area contributed by atoms with Crippen LogP contribution < -0.4 is 10.1 Å². The molecule has 0 saturated heterocycles. The van der Waals surface area contributed by atoms with E-state index in [-0.39, 0.29) is 18.2 Å². The van der Waals surface area contributed by atoms with E-state index in [0.29, 0.717) is 0 Å². The predicted octanol–water partition coefficient (Wildman–Crippen LogP) is 2.39. The Morgan fingerprint density at radius 1 is 1.50 bits per heavy atom. The van der Waals surface area contributed by atoms with Gasteiger partial charge in [0.05, 0.1) is 0 Å². The molecule has 3 nitrogen and oxygen atoms in total. The lowest BCUT2D eigenvalue weighted by Crippen LogP contribution is -2.45. The maximum absolute atomic E-state index is 8.98. The van der Waals surface area contributed by atoms with E-state index in [2.05, 4.69) is 19.2 Å². The molecular formula is C14H20ClNO2. The average molecular weight is 270 g/mol. The summed E-state index contributed by atoms with van der Waals surface area (Å²) in [6.07, 6.45) is 1.77. The summed E-state index contributed by atoms with van der Waals surface area (Å²) in [6.45, 7) is 5.14. The molecule has 0 fully saturated rings. The van der Waals surface area contributed by atoms with Crippen molar-refractivity contribution in [2.45, 2.75) is 38.3 Å². The Bertz CT molecular complexity index is 420. The summed E-state index contributed by atoms with van der Waals surface area (Å²) in [4.78, 5) is 0. The van der Waals surface area contributed by atoms with Crippen molar-refractivity contribution in [2.75, 3.05) is 13.2 Å². The standard InChI is InChI=1S/C14H20ClNO2/c1-14(2,5-6-17)16-9-12-8-10-7-11(15)3-4-13(10)18-12/h3-4,7,12,16-17H,5-6,8-9H2,1-2H3. The number of hydrogen-bond donors (Lipinski definition) is 2. The lowest BCUT2D eigenvalue weighted by Gasteiger charge is -2.27. The Balaban J connectivity index is 1.88. The van der Waals surface area contributed by atoms with E-state index >= 15 is 0 Å². The summed E-state index contributed by atoms with van der Waals surface area (Å²) < 4.78 is 5.85. The Kier molecular flexibility index (Phi) is 4.15. The van der Waals surface area contributed by atoms with Crippen molar-refractivity contribution in [1.82, 2.24) is 5.32 Å². The van der Waals surface area contributed by atoms with Crippen LogP contribution in [0.4, 0.5) is 0 Å². The number of nitrogens with one attached hydrogen (secondary N) is 1. The maximum Gasteiger partial charge on any atom is 0.123 e. The summed E-state index contributed by atoms with van der Waals surface area (Å²) in [5.41, 5.74) is 1.11. The molecule has 0 bridgehead atoms. The predicted molar refractivity (Wildman–Crippen MR) is 73.4 cm³/mol. The fourth-order valence-electron chi connectivity index (χ4n) is 2.16. The molecule has 0 amide bonds. The molecule has 1 heterocycles. The van der Waals surface area contributed by atoms with Crippen LogP contribution in [0.15, 0.2) is 18.2 Å². The van der Waals surface area contributed by atoms with Gasteiger partial charge in [0.2, 0.25) is 0 Å². The van der Waals surface area contributed by atoms with Crippen LogP contribution in [-0.2, 0) is 6.42 Å². The molecule has 100 valence electrons. The molecule has 1 aromatic rings. The van der Waals surface area contributed by atoms with Crippen LogP contribution in [0.2, 0.25) is 5.02 Å². The van der Waals surface area contributed by atoms with Gasteiger partial charge in [0.15, 0.2) is 0 Å². The Hall–Kier alpha value is -0.770. The van der Waals surface area contributed by atoms with Crippen LogP contribution >= 0.6 is 11.6 Å². The average Bonchev–Trinajstić information content (AvgIpc) is 2.68. The largest absolute Gasteiger partial charge is 0.488 e. The SMILES string of the molecule is CC(C)(CCO)NCC1Cc2cc(Cl)ccc2O1. The van der Waals surface area contributed by atoms with Crippen molar-refractivity contribution in [3.05, 3.63) is 28.8 Å². The lowest BCUT2D eigenvalue weighted by atomic mass is 10.0. The number of aliphatic hydroxyl groups excluding tert-OH is 1. The lowest BCUT2D eigenvalue weighted by molar-refractivity contribution is 0.187. The van der Waals surface area contributed by atoms with Crippen molar-refractivity contribution in [3.8, 4) is 5.75 Å². The highest BCUT2D eigenvalue weighted by atomic mass is 35.5. The van der Waals surface area contributed by atoms with Crippen molar-refractivity contribution >= 4 is 11.6 Å². The van der Waals surface area contributed by atoms with Crippen molar-refractivity contribution in [3.63, 3.8) is 0 Å².